The van der Waals surface area contributed by atoms with Crippen molar-refractivity contribution in [3.63, 3.8) is 0 Å². The lowest BCUT2D eigenvalue weighted by atomic mass is 10.0. The summed E-state index contributed by atoms with van der Waals surface area (Å²) in [4.78, 5) is 12.2. The van der Waals surface area contributed by atoms with Gasteiger partial charge in [0.05, 0.1) is 19.2 Å². The lowest BCUT2D eigenvalue weighted by molar-refractivity contribution is -0.120. The molecule has 1 N–H and O–H groups in total. The molecule has 4 nitrogen and oxygen atoms in total. The highest BCUT2D eigenvalue weighted by Gasteiger charge is 2.06. The molecule has 0 spiro atoms. The SMILES string of the molecule is CCCCC/C(=N\NC(=O)Cc1ccc(OC)cc1)c1ccccc1. The van der Waals surface area contributed by atoms with Crippen LogP contribution in [-0.2, 0) is 11.2 Å². The number of nitrogens with one attached hydrogen (secondary N) is 1. The van der Waals surface area contributed by atoms with Crippen molar-refractivity contribution >= 4 is 11.6 Å². The summed E-state index contributed by atoms with van der Waals surface area (Å²) in [6, 6.07) is 17.5. The number of carbonyl (C=O) groups excluding carboxylic acids is 1. The quantitative estimate of drug-likeness (QED) is 0.420. The molecular weight excluding hydrogens is 312 g/mol. The van der Waals surface area contributed by atoms with E-state index in [0.717, 1.165) is 48.3 Å². The average molecular weight is 338 g/mol. The highest BCUT2D eigenvalue weighted by atomic mass is 16.5. The fourth-order valence-corrected chi connectivity index (χ4v) is 2.54. The predicted octanol–water partition coefficient (Wildman–Crippen LogP) is 4.34. The van der Waals surface area contributed by atoms with Crippen LogP contribution in [0.15, 0.2) is 59.7 Å². The lowest BCUT2D eigenvalue weighted by Crippen LogP contribution is -2.22. The number of unbranched alkanes of at least 4 members (excludes halogenated alkanes) is 2. The third kappa shape index (κ3) is 6.42. The number of ether oxygens (including phenoxy) is 1. The molecule has 4 heteroatoms. The van der Waals surface area contributed by atoms with E-state index in [0.29, 0.717) is 6.42 Å². The van der Waals surface area contributed by atoms with Gasteiger partial charge in [-0.05, 0) is 36.1 Å². The van der Waals surface area contributed by atoms with Crippen molar-refractivity contribution in [1.29, 1.82) is 0 Å². The largest absolute Gasteiger partial charge is 0.497 e. The van der Waals surface area contributed by atoms with Crippen LogP contribution in [0.25, 0.3) is 0 Å². The summed E-state index contributed by atoms with van der Waals surface area (Å²) in [6.45, 7) is 2.18. The van der Waals surface area contributed by atoms with Crippen LogP contribution in [0, 0.1) is 0 Å². The summed E-state index contributed by atoms with van der Waals surface area (Å²) in [5.41, 5.74) is 5.62. The molecule has 0 atom stereocenters. The van der Waals surface area contributed by atoms with Gasteiger partial charge < -0.3 is 4.74 Å². The highest BCUT2D eigenvalue weighted by Crippen LogP contribution is 2.12. The summed E-state index contributed by atoms with van der Waals surface area (Å²) in [6.07, 6.45) is 4.54. The molecule has 25 heavy (non-hydrogen) atoms. The van der Waals surface area contributed by atoms with E-state index in [9.17, 15) is 4.79 Å². The van der Waals surface area contributed by atoms with Crippen LogP contribution in [0.1, 0.15) is 43.7 Å². The minimum absolute atomic E-state index is 0.117. The van der Waals surface area contributed by atoms with E-state index >= 15 is 0 Å². The molecule has 2 rings (SSSR count). The minimum Gasteiger partial charge on any atom is -0.497 e. The van der Waals surface area contributed by atoms with Crippen LogP contribution in [0.3, 0.4) is 0 Å². The van der Waals surface area contributed by atoms with Gasteiger partial charge in [0.15, 0.2) is 0 Å². The Bertz CT molecular complexity index is 679. The summed E-state index contributed by atoms with van der Waals surface area (Å²) < 4.78 is 5.13. The minimum atomic E-state index is -0.117. The number of amides is 1. The van der Waals surface area contributed by atoms with E-state index in [4.69, 9.17) is 4.74 Å². The van der Waals surface area contributed by atoms with Crippen LogP contribution in [0.5, 0.6) is 5.75 Å². The van der Waals surface area contributed by atoms with Crippen molar-refractivity contribution in [3.05, 3.63) is 65.7 Å². The first-order valence-electron chi connectivity index (χ1n) is 8.76. The molecule has 0 aliphatic rings. The number of carbonyl (C=O) groups is 1. The maximum absolute atomic E-state index is 12.2. The van der Waals surface area contributed by atoms with E-state index in [1.54, 1.807) is 7.11 Å². The van der Waals surface area contributed by atoms with Crippen molar-refractivity contribution in [2.75, 3.05) is 7.11 Å². The second kappa shape index (κ2) is 10.3. The Balaban J connectivity index is 1.99. The number of hydrazone groups is 1. The normalized spacial score (nSPS) is 11.2. The number of hydrogen-bond donors (Lipinski definition) is 1. The summed E-state index contributed by atoms with van der Waals surface area (Å²) in [5, 5.41) is 4.39. The Hall–Kier alpha value is -2.62. The van der Waals surface area contributed by atoms with Gasteiger partial charge in [0.2, 0.25) is 5.91 Å². The van der Waals surface area contributed by atoms with Crippen LogP contribution in [0.4, 0.5) is 0 Å². The molecule has 0 aliphatic carbocycles. The Morgan fingerprint density at radius 3 is 2.40 bits per heavy atom. The molecule has 0 unspecified atom stereocenters. The summed E-state index contributed by atoms with van der Waals surface area (Å²) in [5.74, 6) is 0.665. The average Bonchev–Trinajstić information content (AvgIpc) is 2.66. The highest BCUT2D eigenvalue weighted by molar-refractivity contribution is 6.01. The van der Waals surface area contributed by atoms with Gasteiger partial charge in [-0.1, -0.05) is 62.2 Å². The topological polar surface area (TPSA) is 50.7 Å². The lowest BCUT2D eigenvalue weighted by Gasteiger charge is -2.08. The van der Waals surface area contributed by atoms with Crippen LogP contribution in [-0.4, -0.2) is 18.7 Å². The van der Waals surface area contributed by atoms with E-state index in [-0.39, 0.29) is 5.91 Å². The molecular formula is C21H26N2O2. The van der Waals surface area contributed by atoms with Crippen molar-refractivity contribution in [2.24, 2.45) is 5.10 Å². The molecule has 0 heterocycles. The molecule has 0 bridgehead atoms. The van der Waals surface area contributed by atoms with E-state index in [1.165, 1.54) is 0 Å². The van der Waals surface area contributed by atoms with Gasteiger partial charge in [0, 0.05) is 0 Å². The Kier molecular flexibility index (Phi) is 7.70. The number of methoxy groups -OCH3 is 1. The summed E-state index contributed by atoms with van der Waals surface area (Å²) >= 11 is 0. The van der Waals surface area contributed by atoms with Crippen molar-refractivity contribution in [3.8, 4) is 5.75 Å². The zero-order valence-corrected chi connectivity index (χ0v) is 15.0. The second-order valence-electron chi connectivity index (χ2n) is 5.94. The monoisotopic (exact) mass is 338 g/mol. The zero-order chi connectivity index (χ0) is 17.9. The molecule has 0 aromatic heterocycles. The Labute approximate surface area is 149 Å². The first-order chi connectivity index (χ1) is 12.2. The van der Waals surface area contributed by atoms with Gasteiger partial charge in [-0.25, -0.2) is 5.43 Å². The maximum Gasteiger partial charge on any atom is 0.244 e. The third-order valence-corrected chi connectivity index (χ3v) is 3.96. The van der Waals surface area contributed by atoms with E-state index < -0.39 is 0 Å². The van der Waals surface area contributed by atoms with Gasteiger partial charge in [0.1, 0.15) is 5.75 Å². The molecule has 0 aliphatic heterocycles. The van der Waals surface area contributed by atoms with E-state index in [1.807, 2.05) is 54.6 Å². The predicted molar refractivity (Wildman–Crippen MR) is 102 cm³/mol. The van der Waals surface area contributed by atoms with Gasteiger partial charge in [-0.15, -0.1) is 0 Å². The van der Waals surface area contributed by atoms with E-state index in [2.05, 4.69) is 17.5 Å². The molecule has 0 saturated heterocycles. The van der Waals surface area contributed by atoms with Crippen molar-refractivity contribution < 1.29 is 9.53 Å². The van der Waals surface area contributed by atoms with Gasteiger partial charge in [-0.3, -0.25) is 4.79 Å². The molecule has 2 aromatic rings. The first-order valence-corrected chi connectivity index (χ1v) is 8.76. The maximum atomic E-state index is 12.2. The van der Waals surface area contributed by atoms with Crippen molar-refractivity contribution in [1.82, 2.24) is 5.43 Å². The van der Waals surface area contributed by atoms with Crippen molar-refractivity contribution in [2.45, 2.75) is 39.0 Å². The molecule has 2 aromatic carbocycles. The molecule has 0 saturated carbocycles. The number of hydrogen-bond acceptors (Lipinski definition) is 3. The fourth-order valence-electron chi connectivity index (χ4n) is 2.54. The summed E-state index contributed by atoms with van der Waals surface area (Å²) in [7, 11) is 1.63. The Morgan fingerprint density at radius 2 is 1.76 bits per heavy atom. The van der Waals surface area contributed by atoms with Crippen LogP contribution in [0.2, 0.25) is 0 Å². The van der Waals surface area contributed by atoms with Gasteiger partial charge >= 0.3 is 0 Å². The Morgan fingerprint density at radius 1 is 1.04 bits per heavy atom. The fraction of sp³-hybridized carbons (Fsp3) is 0.333. The number of benzene rings is 2. The third-order valence-electron chi connectivity index (χ3n) is 3.96. The molecule has 0 radical (unpaired) electrons. The smallest absolute Gasteiger partial charge is 0.244 e. The van der Waals surface area contributed by atoms with Crippen LogP contribution < -0.4 is 10.2 Å². The molecule has 132 valence electrons. The van der Waals surface area contributed by atoms with Gasteiger partial charge in [-0.2, -0.15) is 5.10 Å². The zero-order valence-electron chi connectivity index (χ0n) is 15.0. The molecule has 1 amide bonds. The number of rotatable bonds is 9. The number of nitrogens with zero attached hydrogens (tertiary/aromatic N) is 1. The second-order valence-corrected chi connectivity index (χ2v) is 5.94. The first kappa shape index (κ1) is 18.7. The standard InChI is InChI=1S/C21H26N2O2/c1-3-4-6-11-20(18-9-7-5-8-10-18)22-23-21(24)16-17-12-14-19(25-2)15-13-17/h5,7-10,12-15H,3-4,6,11,16H2,1-2H3,(H,23,24)/b22-20+. The molecule has 0 fully saturated rings. The van der Waals surface area contributed by atoms with Crippen LogP contribution >= 0.6 is 0 Å². The van der Waals surface area contributed by atoms with Gasteiger partial charge in [0.25, 0.3) is 0 Å².